The summed E-state index contributed by atoms with van der Waals surface area (Å²) in [5.41, 5.74) is 2.39. The minimum Gasteiger partial charge on any atom is -0.342 e. The van der Waals surface area contributed by atoms with E-state index >= 15 is 0 Å². The quantitative estimate of drug-likeness (QED) is 0.817. The number of aromatic nitrogens is 2. The van der Waals surface area contributed by atoms with Crippen LogP contribution in [0.2, 0.25) is 0 Å². The van der Waals surface area contributed by atoms with Gasteiger partial charge in [-0.25, -0.2) is 4.98 Å². The number of piperidine rings is 1. The Labute approximate surface area is 167 Å². The van der Waals surface area contributed by atoms with Crippen LogP contribution in [0.25, 0.3) is 5.69 Å². The van der Waals surface area contributed by atoms with Crippen LogP contribution in [0.5, 0.6) is 0 Å². The number of nitrogens with zero attached hydrogens (tertiary/aromatic N) is 5. The highest BCUT2D eigenvalue weighted by atomic mass is 16.2. The van der Waals surface area contributed by atoms with Gasteiger partial charge in [-0.05, 0) is 37.8 Å². The highest BCUT2D eigenvalue weighted by Gasteiger charge is 2.25. The highest BCUT2D eigenvalue weighted by Crippen LogP contribution is 2.21. The van der Waals surface area contributed by atoms with Gasteiger partial charge in [0.25, 0.3) is 0 Å². The van der Waals surface area contributed by atoms with E-state index in [4.69, 9.17) is 0 Å². The molecule has 2 saturated heterocycles. The SMILES string of the molecule is Cc1ccc(-n2ccnc2N2CCN(CC(=O)N3CCC(C)CC3)CC2)cc1. The van der Waals surface area contributed by atoms with Gasteiger partial charge in [0, 0.05) is 57.3 Å². The third kappa shape index (κ3) is 4.22. The summed E-state index contributed by atoms with van der Waals surface area (Å²) < 4.78 is 2.15. The number of piperazine rings is 1. The first-order chi connectivity index (χ1) is 13.6. The van der Waals surface area contributed by atoms with Gasteiger partial charge in [0.05, 0.1) is 6.54 Å². The summed E-state index contributed by atoms with van der Waals surface area (Å²) in [5, 5.41) is 0. The first-order valence-corrected chi connectivity index (χ1v) is 10.5. The zero-order valence-corrected chi connectivity index (χ0v) is 17.0. The van der Waals surface area contributed by atoms with Crippen molar-refractivity contribution in [3.05, 3.63) is 42.2 Å². The van der Waals surface area contributed by atoms with E-state index in [0.29, 0.717) is 12.5 Å². The summed E-state index contributed by atoms with van der Waals surface area (Å²) in [6.07, 6.45) is 6.16. The molecule has 0 unspecified atom stereocenters. The number of benzene rings is 1. The van der Waals surface area contributed by atoms with Crippen LogP contribution in [-0.2, 0) is 4.79 Å². The molecule has 0 atom stereocenters. The lowest BCUT2D eigenvalue weighted by molar-refractivity contribution is -0.133. The molecule has 1 amide bonds. The summed E-state index contributed by atoms with van der Waals surface area (Å²) >= 11 is 0. The van der Waals surface area contributed by atoms with Crippen LogP contribution in [0.3, 0.4) is 0 Å². The van der Waals surface area contributed by atoms with E-state index in [0.717, 1.165) is 69.7 Å². The second-order valence-electron chi connectivity index (χ2n) is 8.26. The molecule has 1 aromatic carbocycles. The molecule has 28 heavy (non-hydrogen) atoms. The number of amides is 1. The smallest absolute Gasteiger partial charge is 0.236 e. The number of anilines is 1. The average molecular weight is 382 g/mol. The van der Waals surface area contributed by atoms with E-state index in [1.54, 1.807) is 0 Å². The predicted molar refractivity (Wildman–Crippen MR) is 112 cm³/mol. The third-order valence-electron chi connectivity index (χ3n) is 6.08. The van der Waals surface area contributed by atoms with Gasteiger partial charge >= 0.3 is 0 Å². The van der Waals surface area contributed by atoms with Crippen molar-refractivity contribution in [2.45, 2.75) is 26.7 Å². The fraction of sp³-hybridized carbons (Fsp3) is 0.545. The van der Waals surface area contributed by atoms with Crippen LogP contribution in [0.15, 0.2) is 36.7 Å². The van der Waals surface area contributed by atoms with E-state index in [1.165, 1.54) is 5.56 Å². The molecule has 1 aromatic heterocycles. The van der Waals surface area contributed by atoms with Crippen molar-refractivity contribution < 1.29 is 4.79 Å². The first kappa shape index (κ1) is 19.0. The number of imidazole rings is 1. The van der Waals surface area contributed by atoms with E-state index in [9.17, 15) is 4.79 Å². The zero-order chi connectivity index (χ0) is 19.5. The molecule has 0 spiro atoms. The number of rotatable bonds is 4. The Morgan fingerprint density at radius 3 is 2.39 bits per heavy atom. The molecule has 6 nitrogen and oxygen atoms in total. The number of carbonyl (C=O) groups is 1. The third-order valence-corrected chi connectivity index (χ3v) is 6.08. The molecule has 2 fully saturated rings. The van der Waals surface area contributed by atoms with Crippen molar-refractivity contribution >= 4 is 11.9 Å². The van der Waals surface area contributed by atoms with Gasteiger partial charge in [-0.3, -0.25) is 14.3 Å². The van der Waals surface area contributed by atoms with Crippen LogP contribution in [0.1, 0.15) is 25.3 Å². The topological polar surface area (TPSA) is 44.6 Å². The van der Waals surface area contributed by atoms with Crippen molar-refractivity contribution in [2.75, 3.05) is 50.7 Å². The van der Waals surface area contributed by atoms with Gasteiger partial charge in [0.1, 0.15) is 0 Å². The van der Waals surface area contributed by atoms with Gasteiger partial charge < -0.3 is 9.80 Å². The van der Waals surface area contributed by atoms with E-state index in [-0.39, 0.29) is 0 Å². The molecule has 2 aliphatic rings. The maximum atomic E-state index is 12.6. The molecule has 0 N–H and O–H groups in total. The molecule has 0 aliphatic carbocycles. The Morgan fingerprint density at radius 1 is 1.04 bits per heavy atom. The van der Waals surface area contributed by atoms with Gasteiger partial charge in [0.2, 0.25) is 11.9 Å². The van der Waals surface area contributed by atoms with Crippen molar-refractivity contribution in [1.82, 2.24) is 19.4 Å². The van der Waals surface area contributed by atoms with Crippen molar-refractivity contribution in [3.8, 4) is 5.69 Å². The van der Waals surface area contributed by atoms with Crippen molar-refractivity contribution in [1.29, 1.82) is 0 Å². The van der Waals surface area contributed by atoms with Crippen LogP contribution >= 0.6 is 0 Å². The fourth-order valence-electron chi connectivity index (χ4n) is 4.09. The van der Waals surface area contributed by atoms with Crippen molar-refractivity contribution in [2.24, 2.45) is 5.92 Å². The molecule has 3 heterocycles. The molecular formula is C22H31N5O. The Balaban J connectivity index is 1.33. The lowest BCUT2D eigenvalue weighted by Gasteiger charge is -2.37. The number of hydrogen-bond acceptors (Lipinski definition) is 4. The van der Waals surface area contributed by atoms with Gasteiger partial charge in [-0.2, -0.15) is 0 Å². The average Bonchev–Trinajstić information content (AvgIpc) is 3.19. The molecule has 4 rings (SSSR count). The van der Waals surface area contributed by atoms with Crippen LogP contribution in [0.4, 0.5) is 5.95 Å². The molecule has 0 saturated carbocycles. The van der Waals surface area contributed by atoms with E-state index in [2.05, 4.69) is 62.4 Å². The lowest BCUT2D eigenvalue weighted by Crippen LogP contribution is -2.51. The second kappa shape index (κ2) is 8.35. The largest absolute Gasteiger partial charge is 0.342 e. The number of carbonyl (C=O) groups excluding carboxylic acids is 1. The van der Waals surface area contributed by atoms with Crippen molar-refractivity contribution in [3.63, 3.8) is 0 Å². The molecule has 6 heteroatoms. The Kier molecular flexibility index (Phi) is 5.67. The summed E-state index contributed by atoms with van der Waals surface area (Å²) in [7, 11) is 0. The predicted octanol–water partition coefficient (Wildman–Crippen LogP) is 2.56. The van der Waals surface area contributed by atoms with Crippen LogP contribution in [-0.4, -0.2) is 71.1 Å². The normalized spacial score (nSPS) is 19.2. The second-order valence-corrected chi connectivity index (χ2v) is 8.26. The molecule has 0 bridgehead atoms. The number of likely N-dealkylation sites (tertiary alicyclic amines) is 1. The molecule has 2 aliphatic heterocycles. The minimum atomic E-state index is 0.293. The van der Waals surface area contributed by atoms with Crippen LogP contribution < -0.4 is 4.90 Å². The molecular weight excluding hydrogens is 350 g/mol. The highest BCUT2D eigenvalue weighted by molar-refractivity contribution is 5.78. The van der Waals surface area contributed by atoms with Gasteiger partial charge in [-0.1, -0.05) is 24.6 Å². The summed E-state index contributed by atoms with van der Waals surface area (Å²) in [4.78, 5) is 23.9. The first-order valence-electron chi connectivity index (χ1n) is 10.5. The van der Waals surface area contributed by atoms with Gasteiger partial charge in [0.15, 0.2) is 0 Å². The maximum absolute atomic E-state index is 12.6. The lowest BCUT2D eigenvalue weighted by atomic mass is 9.99. The fourth-order valence-corrected chi connectivity index (χ4v) is 4.09. The molecule has 0 radical (unpaired) electrons. The van der Waals surface area contributed by atoms with E-state index in [1.807, 2.05) is 12.4 Å². The molecule has 2 aromatic rings. The number of hydrogen-bond donors (Lipinski definition) is 0. The zero-order valence-electron chi connectivity index (χ0n) is 17.0. The number of aryl methyl sites for hydroxylation is 1. The standard InChI is InChI=1S/C22H31N5O/c1-18-3-5-20(6-4-18)27-12-9-23-22(27)26-15-13-24(14-16-26)17-21(28)25-10-7-19(2)8-11-25/h3-6,9,12,19H,7-8,10-11,13-17H2,1-2H3. The minimum absolute atomic E-state index is 0.293. The Bertz CT molecular complexity index is 784. The Morgan fingerprint density at radius 2 is 1.71 bits per heavy atom. The summed E-state index contributed by atoms with van der Waals surface area (Å²) in [5.74, 6) is 2.03. The molecule has 150 valence electrons. The maximum Gasteiger partial charge on any atom is 0.236 e. The summed E-state index contributed by atoms with van der Waals surface area (Å²) in [6, 6.07) is 8.53. The monoisotopic (exact) mass is 381 g/mol. The van der Waals surface area contributed by atoms with E-state index < -0.39 is 0 Å². The summed E-state index contributed by atoms with van der Waals surface area (Å²) in [6.45, 7) is 10.4. The van der Waals surface area contributed by atoms with Crippen LogP contribution in [0, 0.1) is 12.8 Å². The Hall–Kier alpha value is -2.34. The van der Waals surface area contributed by atoms with Gasteiger partial charge in [-0.15, -0.1) is 0 Å².